The zero-order valence-electron chi connectivity index (χ0n) is 10.4. The van der Waals surface area contributed by atoms with Crippen molar-refractivity contribution in [3.63, 3.8) is 0 Å². The van der Waals surface area contributed by atoms with E-state index in [4.69, 9.17) is 10.5 Å². The van der Waals surface area contributed by atoms with E-state index in [9.17, 15) is 4.79 Å². The van der Waals surface area contributed by atoms with Gasteiger partial charge >= 0.3 is 0 Å². The highest BCUT2D eigenvalue weighted by atomic mass is 32.1. The molecule has 1 rings (SSSR count). The van der Waals surface area contributed by atoms with E-state index in [1.165, 1.54) is 9.75 Å². The second-order valence-electron chi connectivity index (χ2n) is 3.85. The first-order valence-corrected chi connectivity index (χ1v) is 6.63. The smallest absolute Gasteiger partial charge is 0.243 e. The lowest BCUT2D eigenvalue weighted by atomic mass is 10.2. The number of carbonyl (C=O) groups is 1. The van der Waals surface area contributed by atoms with Crippen molar-refractivity contribution in [3.05, 3.63) is 21.9 Å². The average Bonchev–Trinajstić information content (AvgIpc) is 2.76. The second kappa shape index (κ2) is 7.42. The third-order valence-electron chi connectivity index (χ3n) is 2.40. The van der Waals surface area contributed by atoms with Crippen LogP contribution in [-0.4, -0.2) is 25.7 Å². The summed E-state index contributed by atoms with van der Waals surface area (Å²) in [5, 5.41) is 3.34. The number of hydrogen-bond donors (Lipinski definition) is 2. The second-order valence-corrected chi connectivity index (χ2v) is 5.05. The van der Waals surface area contributed by atoms with Crippen LogP contribution in [0.2, 0.25) is 0 Å². The van der Waals surface area contributed by atoms with E-state index in [-0.39, 0.29) is 6.61 Å². The highest BCUT2D eigenvalue weighted by molar-refractivity contribution is 7.12. The molecular formula is C12H20N2O2S. The van der Waals surface area contributed by atoms with Crippen LogP contribution in [0.1, 0.15) is 29.6 Å². The number of amides is 1. The normalized spacial score (nSPS) is 12.6. The molecule has 0 spiro atoms. The van der Waals surface area contributed by atoms with Crippen LogP contribution in [0.4, 0.5) is 0 Å². The van der Waals surface area contributed by atoms with E-state index in [0.717, 1.165) is 6.42 Å². The van der Waals surface area contributed by atoms with Gasteiger partial charge in [0.1, 0.15) is 6.61 Å². The molecule has 1 aromatic heterocycles. The third-order valence-corrected chi connectivity index (χ3v) is 3.81. The molecule has 17 heavy (non-hydrogen) atoms. The van der Waals surface area contributed by atoms with E-state index < -0.39 is 5.91 Å². The number of aryl methyl sites for hydroxylation is 1. The first-order valence-electron chi connectivity index (χ1n) is 5.81. The van der Waals surface area contributed by atoms with Gasteiger partial charge in [0.05, 0.1) is 6.61 Å². The molecule has 1 unspecified atom stereocenters. The SMILES string of the molecule is CCc1ccc(C(C)NCCOCC(N)=O)s1. The lowest BCUT2D eigenvalue weighted by molar-refractivity contribution is -0.122. The molecule has 4 nitrogen and oxygen atoms in total. The highest BCUT2D eigenvalue weighted by Gasteiger charge is 2.07. The van der Waals surface area contributed by atoms with E-state index in [1.807, 2.05) is 11.3 Å². The molecule has 0 radical (unpaired) electrons. The van der Waals surface area contributed by atoms with E-state index in [1.54, 1.807) is 0 Å². The van der Waals surface area contributed by atoms with Crippen LogP contribution in [0, 0.1) is 0 Å². The predicted molar refractivity (Wildman–Crippen MR) is 70.1 cm³/mol. The first kappa shape index (κ1) is 14.2. The molecule has 0 fully saturated rings. The lowest BCUT2D eigenvalue weighted by Gasteiger charge is -2.11. The summed E-state index contributed by atoms with van der Waals surface area (Å²) in [5.74, 6) is -0.427. The third kappa shape index (κ3) is 5.30. The summed E-state index contributed by atoms with van der Waals surface area (Å²) in [5.41, 5.74) is 4.96. The Morgan fingerprint density at radius 3 is 2.94 bits per heavy atom. The van der Waals surface area contributed by atoms with Crippen LogP contribution in [0.25, 0.3) is 0 Å². The number of ether oxygens (including phenoxy) is 1. The molecule has 1 heterocycles. The molecule has 1 atom stereocenters. The van der Waals surface area contributed by atoms with Crippen molar-refractivity contribution in [1.82, 2.24) is 5.32 Å². The van der Waals surface area contributed by atoms with Crippen LogP contribution in [0.15, 0.2) is 12.1 Å². The van der Waals surface area contributed by atoms with Gasteiger partial charge in [0.25, 0.3) is 0 Å². The Labute approximate surface area is 106 Å². The highest BCUT2D eigenvalue weighted by Crippen LogP contribution is 2.23. The van der Waals surface area contributed by atoms with Gasteiger partial charge in [-0.15, -0.1) is 11.3 Å². The summed E-state index contributed by atoms with van der Waals surface area (Å²) in [7, 11) is 0. The topological polar surface area (TPSA) is 64.3 Å². The monoisotopic (exact) mass is 256 g/mol. The minimum Gasteiger partial charge on any atom is -0.370 e. The van der Waals surface area contributed by atoms with Crippen LogP contribution < -0.4 is 11.1 Å². The van der Waals surface area contributed by atoms with Crippen molar-refractivity contribution in [2.24, 2.45) is 5.73 Å². The molecule has 1 amide bonds. The molecular weight excluding hydrogens is 236 g/mol. The van der Waals surface area contributed by atoms with Gasteiger partial charge in [0.2, 0.25) is 5.91 Å². The number of hydrogen-bond acceptors (Lipinski definition) is 4. The van der Waals surface area contributed by atoms with Gasteiger partial charge in [0.15, 0.2) is 0 Å². The molecule has 5 heteroatoms. The van der Waals surface area contributed by atoms with Gasteiger partial charge in [-0.2, -0.15) is 0 Å². The average molecular weight is 256 g/mol. The number of rotatable bonds is 8. The zero-order chi connectivity index (χ0) is 12.7. The molecule has 0 saturated carbocycles. The van der Waals surface area contributed by atoms with E-state index in [2.05, 4.69) is 31.3 Å². The standard InChI is InChI=1S/C12H20N2O2S/c1-3-10-4-5-11(17-10)9(2)14-6-7-16-8-12(13)15/h4-5,9,14H,3,6-8H2,1-2H3,(H2,13,15). The molecule has 3 N–H and O–H groups in total. The molecule has 0 aromatic carbocycles. The van der Waals surface area contributed by atoms with Gasteiger partial charge in [-0.25, -0.2) is 0 Å². The van der Waals surface area contributed by atoms with Gasteiger partial charge in [0, 0.05) is 22.3 Å². The maximum atomic E-state index is 10.4. The Morgan fingerprint density at radius 2 is 2.35 bits per heavy atom. The largest absolute Gasteiger partial charge is 0.370 e. The molecule has 0 aliphatic heterocycles. The Hall–Kier alpha value is -0.910. The fourth-order valence-electron chi connectivity index (χ4n) is 1.44. The van der Waals surface area contributed by atoms with Gasteiger partial charge in [-0.1, -0.05) is 6.92 Å². The predicted octanol–water partition coefficient (Wildman–Crippen LogP) is 1.46. The van der Waals surface area contributed by atoms with Crippen molar-refractivity contribution in [2.75, 3.05) is 19.8 Å². The maximum Gasteiger partial charge on any atom is 0.243 e. The fourth-order valence-corrected chi connectivity index (χ4v) is 2.42. The van der Waals surface area contributed by atoms with Crippen LogP contribution in [0.5, 0.6) is 0 Å². The summed E-state index contributed by atoms with van der Waals surface area (Å²) < 4.78 is 5.07. The summed E-state index contributed by atoms with van der Waals surface area (Å²) in [6, 6.07) is 4.64. The summed E-state index contributed by atoms with van der Waals surface area (Å²) >= 11 is 1.83. The quantitative estimate of drug-likeness (QED) is 0.692. The summed E-state index contributed by atoms with van der Waals surface area (Å²) in [6.45, 7) is 5.49. The Bertz CT molecular complexity index is 352. The molecule has 0 aliphatic carbocycles. The van der Waals surface area contributed by atoms with E-state index in [0.29, 0.717) is 19.2 Å². The maximum absolute atomic E-state index is 10.4. The Morgan fingerprint density at radius 1 is 1.59 bits per heavy atom. The van der Waals surface area contributed by atoms with Gasteiger partial charge in [-0.3, -0.25) is 4.79 Å². The molecule has 0 saturated heterocycles. The minimum absolute atomic E-state index is 0.00491. The zero-order valence-corrected chi connectivity index (χ0v) is 11.2. The fraction of sp³-hybridized carbons (Fsp3) is 0.583. The minimum atomic E-state index is -0.427. The molecule has 1 aromatic rings. The van der Waals surface area contributed by atoms with Crippen LogP contribution >= 0.6 is 11.3 Å². The first-order chi connectivity index (χ1) is 8.13. The number of thiophene rings is 1. The number of nitrogens with two attached hydrogens (primary N) is 1. The van der Waals surface area contributed by atoms with Crippen molar-refractivity contribution in [1.29, 1.82) is 0 Å². The molecule has 96 valence electrons. The number of primary amides is 1. The van der Waals surface area contributed by atoms with Gasteiger partial charge in [-0.05, 0) is 25.5 Å². The van der Waals surface area contributed by atoms with Crippen LogP contribution in [0.3, 0.4) is 0 Å². The number of carbonyl (C=O) groups excluding carboxylic acids is 1. The number of nitrogens with one attached hydrogen (secondary N) is 1. The Balaban J connectivity index is 2.20. The van der Waals surface area contributed by atoms with Crippen molar-refractivity contribution in [3.8, 4) is 0 Å². The van der Waals surface area contributed by atoms with Crippen molar-refractivity contribution < 1.29 is 9.53 Å². The van der Waals surface area contributed by atoms with Crippen LogP contribution in [-0.2, 0) is 16.0 Å². The van der Waals surface area contributed by atoms with Crippen molar-refractivity contribution in [2.45, 2.75) is 26.3 Å². The van der Waals surface area contributed by atoms with E-state index >= 15 is 0 Å². The lowest BCUT2D eigenvalue weighted by Crippen LogP contribution is -2.25. The summed E-state index contributed by atoms with van der Waals surface area (Å²) in [6.07, 6.45) is 1.08. The van der Waals surface area contributed by atoms with Crippen molar-refractivity contribution >= 4 is 17.2 Å². The molecule has 0 bridgehead atoms. The van der Waals surface area contributed by atoms with Gasteiger partial charge < -0.3 is 15.8 Å². The molecule has 0 aliphatic rings. The Kier molecular flexibility index (Phi) is 6.18. The summed E-state index contributed by atoms with van der Waals surface area (Å²) in [4.78, 5) is 13.2.